The molecule has 0 bridgehead atoms. The average Bonchev–Trinajstić information content (AvgIpc) is 3.15. The van der Waals surface area contributed by atoms with Crippen molar-refractivity contribution in [2.75, 3.05) is 7.11 Å². The molecular weight excluding hydrogens is 394 g/mol. The fourth-order valence-electron chi connectivity index (χ4n) is 8.90. The Kier molecular flexibility index (Phi) is 5.93. The molecule has 0 aliphatic heterocycles. The van der Waals surface area contributed by atoms with Crippen molar-refractivity contribution in [1.29, 1.82) is 0 Å². The Morgan fingerprint density at radius 3 is 2.78 bits per heavy atom. The normalized spacial score (nSPS) is 41.8. The van der Waals surface area contributed by atoms with Crippen LogP contribution in [0.4, 0.5) is 0 Å². The van der Waals surface area contributed by atoms with Gasteiger partial charge in [-0.25, -0.2) is 4.98 Å². The number of nitrogens with zero attached hydrogens (tertiary/aromatic N) is 1. The summed E-state index contributed by atoms with van der Waals surface area (Å²) in [5.74, 6) is 4.88. The van der Waals surface area contributed by atoms with Gasteiger partial charge in [-0.1, -0.05) is 38.5 Å². The second-order valence-corrected chi connectivity index (χ2v) is 12.1. The number of aryl methyl sites for hydroxylation is 1. The maximum Gasteiger partial charge on any atom is 0.213 e. The Hall–Kier alpha value is -1.35. The molecule has 176 valence electrons. The van der Waals surface area contributed by atoms with Gasteiger partial charge in [0.1, 0.15) is 0 Å². The number of ether oxygens (including phenoxy) is 1. The molecule has 0 radical (unpaired) electrons. The summed E-state index contributed by atoms with van der Waals surface area (Å²) in [6.07, 6.45) is 14.7. The summed E-state index contributed by atoms with van der Waals surface area (Å²) in [5.41, 5.74) is 3.61. The molecular formula is C29H43NO2. The topological polar surface area (TPSA) is 42.4 Å². The molecule has 5 rings (SSSR count). The minimum absolute atomic E-state index is 0.101. The summed E-state index contributed by atoms with van der Waals surface area (Å²) in [5, 5.41) is 10.3. The first-order chi connectivity index (χ1) is 15.3. The molecule has 3 nitrogen and oxygen atoms in total. The van der Waals surface area contributed by atoms with Gasteiger partial charge in [0.15, 0.2) is 0 Å². The quantitative estimate of drug-likeness (QED) is 0.528. The van der Waals surface area contributed by atoms with E-state index in [4.69, 9.17) is 4.74 Å². The number of aliphatic hydroxyl groups is 1. The number of methoxy groups -OCH3 is 1. The summed E-state index contributed by atoms with van der Waals surface area (Å²) in [7, 11) is 1.70. The number of aliphatic hydroxyl groups excluding tert-OH is 1. The van der Waals surface area contributed by atoms with Crippen molar-refractivity contribution in [3.8, 4) is 5.88 Å². The molecule has 8 atom stereocenters. The highest BCUT2D eigenvalue weighted by atomic mass is 16.5. The maximum atomic E-state index is 10.3. The maximum absolute atomic E-state index is 10.3. The lowest BCUT2D eigenvalue weighted by Crippen LogP contribution is -2.50. The Morgan fingerprint density at radius 2 is 1.97 bits per heavy atom. The van der Waals surface area contributed by atoms with Gasteiger partial charge in [-0.15, -0.1) is 0 Å². The van der Waals surface area contributed by atoms with Crippen molar-refractivity contribution in [3.63, 3.8) is 0 Å². The van der Waals surface area contributed by atoms with E-state index in [0.717, 1.165) is 60.4 Å². The first-order valence-electron chi connectivity index (χ1n) is 13.2. The molecule has 4 aliphatic carbocycles. The van der Waals surface area contributed by atoms with Crippen molar-refractivity contribution in [2.24, 2.45) is 40.4 Å². The summed E-state index contributed by atoms with van der Waals surface area (Å²) in [6.45, 7) is 7.70. The lowest BCUT2D eigenvalue weighted by molar-refractivity contribution is -0.0571. The lowest BCUT2D eigenvalue weighted by Gasteiger charge is -2.58. The van der Waals surface area contributed by atoms with Crippen LogP contribution in [0.3, 0.4) is 0 Å². The predicted octanol–water partition coefficient (Wildman–Crippen LogP) is 6.60. The monoisotopic (exact) mass is 437 g/mol. The second kappa shape index (κ2) is 8.46. The molecule has 0 saturated heterocycles. The van der Waals surface area contributed by atoms with Crippen LogP contribution in [-0.4, -0.2) is 23.3 Å². The molecule has 1 heterocycles. The van der Waals surface area contributed by atoms with Crippen LogP contribution >= 0.6 is 0 Å². The number of hydrogen-bond acceptors (Lipinski definition) is 3. The largest absolute Gasteiger partial charge is 0.481 e. The molecule has 0 aromatic carbocycles. The molecule has 0 spiro atoms. The molecule has 0 unspecified atom stereocenters. The van der Waals surface area contributed by atoms with Crippen LogP contribution in [0.2, 0.25) is 0 Å². The third-order valence-corrected chi connectivity index (χ3v) is 10.7. The summed E-state index contributed by atoms with van der Waals surface area (Å²) < 4.78 is 5.32. The number of allylic oxidation sites excluding steroid dienone is 1. The summed E-state index contributed by atoms with van der Waals surface area (Å²) in [6, 6.07) is 6.15. The lowest BCUT2D eigenvalue weighted by atomic mass is 9.47. The zero-order valence-corrected chi connectivity index (χ0v) is 20.6. The van der Waals surface area contributed by atoms with Crippen LogP contribution in [0.5, 0.6) is 5.88 Å². The van der Waals surface area contributed by atoms with E-state index in [1.54, 1.807) is 12.7 Å². The average molecular weight is 438 g/mol. The van der Waals surface area contributed by atoms with E-state index >= 15 is 0 Å². The number of hydrogen-bond donors (Lipinski definition) is 1. The van der Waals surface area contributed by atoms with Crippen molar-refractivity contribution in [2.45, 2.75) is 91.1 Å². The van der Waals surface area contributed by atoms with Gasteiger partial charge < -0.3 is 9.84 Å². The van der Waals surface area contributed by atoms with E-state index in [1.165, 1.54) is 44.9 Å². The summed E-state index contributed by atoms with van der Waals surface area (Å²) in [4.78, 5) is 4.65. The zero-order chi connectivity index (χ0) is 22.5. The fourth-order valence-corrected chi connectivity index (χ4v) is 8.90. The third kappa shape index (κ3) is 3.63. The minimum atomic E-state index is -0.101. The van der Waals surface area contributed by atoms with E-state index in [9.17, 15) is 5.11 Å². The smallest absolute Gasteiger partial charge is 0.213 e. The van der Waals surface area contributed by atoms with Gasteiger partial charge in [0, 0.05) is 11.8 Å². The van der Waals surface area contributed by atoms with Crippen molar-refractivity contribution >= 4 is 0 Å². The Morgan fingerprint density at radius 1 is 1.12 bits per heavy atom. The van der Waals surface area contributed by atoms with Crippen LogP contribution in [0.1, 0.15) is 84.3 Å². The highest BCUT2D eigenvalue weighted by molar-refractivity contribution is 5.25. The number of fused-ring (bicyclic) bond motifs is 5. The molecule has 3 fully saturated rings. The van der Waals surface area contributed by atoms with Crippen LogP contribution in [0.25, 0.3) is 0 Å². The number of pyridine rings is 1. The molecule has 32 heavy (non-hydrogen) atoms. The Balaban J connectivity index is 1.29. The Labute approximate surface area is 195 Å². The van der Waals surface area contributed by atoms with Gasteiger partial charge in [-0.3, -0.25) is 0 Å². The highest BCUT2D eigenvalue weighted by Gasteiger charge is 2.59. The molecule has 1 aromatic heterocycles. The second-order valence-electron chi connectivity index (χ2n) is 12.1. The van der Waals surface area contributed by atoms with E-state index in [2.05, 4.69) is 44.0 Å². The predicted molar refractivity (Wildman–Crippen MR) is 129 cm³/mol. The number of aromatic nitrogens is 1. The molecule has 0 amide bonds. The van der Waals surface area contributed by atoms with Gasteiger partial charge in [-0.05, 0) is 111 Å². The van der Waals surface area contributed by atoms with E-state index in [1.807, 2.05) is 6.07 Å². The van der Waals surface area contributed by atoms with E-state index < -0.39 is 0 Å². The SMILES string of the molecule is COc1cccc(CC[C@@H](C)[C@H]2CC[C@H]3[C@@H]4CC=C5C[C@@H](O)CC[C@]5(C)[C@H]4CC[C@]23C)n1. The van der Waals surface area contributed by atoms with Crippen molar-refractivity contribution in [1.82, 2.24) is 4.98 Å². The standard InChI is InChI=1S/C29H43NO2/c1-19(8-10-21-6-5-7-27(30-21)32-4)24-12-13-25-23-11-9-20-18-22(31)14-16-28(20,2)26(23)15-17-29(24,25)3/h5-7,9,19,22-26,31H,8,10-18H2,1-4H3/t19-,22+,23+,24-,25+,26+,28+,29-/m1/s1. The highest BCUT2D eigenvalue weighted by Crippen LogP contribution is 2.67. The molecule has 3 saturated carbocycles. The Bertz CT molecular complexity index is 864. The number of rotatable bonds is 5. The van der Waals surface area contributed by atoms with Crippen LogP contribution in [0, 0.1) is 40.4 Å². The van der Waals surface area contributed by atoms with Crippen LogP contribution in [-0.2, 0) is 6.42 Å². The van der Waals surface area contributed by atoms with Gasteiger partial charge in [0.2, 0.25) is 5.88 Å². The van der Waals surface area contributed by atoms with Gasteiger partial charge in [0.25, 0.3) is 0 Å². The molecule has 1 aromatic rings. The van der Waals surface area contributed by atoms with Crippen LogP contribution < -0.4 is 4.74 Å². The zero-order valence-electron chi connectivity index (χ0n) is 20.6. The molecule has 4 aliphatic rings. The van der Waals surface area contributed by atoms with Crippen molar-refractivity contribution < 1.29 is 9.84 Å². The van der Waals surface area contributed by atoms with Crippen LogP contribution in [0.15, 0.2) is 29.8 Å². The fraction of sp³-hybridized carbons (Fsp3) is 0.759. The van der Waals surface area contributed by atoms with Gasteiger partial charge >= 0.3 is 0 Å². The molecule has 1 N–H and O–H groups in total. The minimum Gasteiger partial charge on any atom is -0.481 e. The van der Waals surface area contributed by atoms with Gasteiger partial charge in [0.05, 0.1) is 13.2 Å². The van der Waals surface area contributed by atoms with E-state index in [0.29, 0.717) is 10.8 Å². The third-order valence-electron chi connectivity index (χ3n) is 10.7. The van der Waals surface area contributed by atoms with Crippen molar-refractivity contribution in [3.05, 3.63) is 35.5 Å². The first-order valence-corrected chi connectivity index (χ1v) is 13.2. The van der Waals surface area contributed by atoms with Gasteiger partial charge in [-0.2, -0.15) is 0 Å². The van der Waals surface area contributed by atoms with E-state index in [-0.39, 0.29) is 6.10 Å². The first kappa shape index (κ1) is 22.4. The molecule has 3 heteroatoms. The summed E-state index contributed by atoms with van der Waals surface area (Å²) >= 11 is 0.